The summed E-state index contributed by atoms with van der Waals surface area (Å²) in [5, 5.41) is 8.10. The van der Waals surface area contributed by atoms with E-state index in [2.05, 4.69) is 47.8 Å². The van der Waals surface area contributed by atoms with E-state index in [4.69, 9.17) is 9.47 Å². The predicted molar refractivity (Wildman–Crippen MR) is 85.2 cm³/mol. The number of hydrogen-bond acceptors (Lipinski definition) is 3. The van der Waals surface area contributed by atoms with Crippen LogP contribution in [0.15, 0.2) is 42.5 Å². The molecule has 0 bridgehead atoms. The second-order valence-electron chi connectivity index (χ2n) is 5.33. The van der Waals surface area contributed by atoms with Crippen molar-refractivity contribution in [3.8, 4) is 11.5 Å². The molecule has 0 radical (unpaired) electrons. The van der Waals surface area contributed by atoms with Crippen molar-refractivity contribution in [3.05, 3.63) is 48.0 Å². The third kappa shape index (κ3) is 1.93. The molecule has 1 heterocycles. The molecule has 21 heavy (non-hydrogen) atoms. The fourth-order valence-corrected chi connectivity index (χ4v) is 3.08. The minimum absolute atomic E-state index is 0.309. The first-order valence-corrected chi connectivity index (χ1v) is 7.26. The SMILES string of the molecule is CNCCc1cc2c(c3c1ccc1ccccc13)OCO2. The molecule has 0 saturated heterocycles. The molecule has 3 nitrogen and oxygen atoms in total. The second-order valence-corrected chi connectivity index (χ2v) is 5.33. The lowest BCUT2D eigenvalue weighted by Crippen LogP contribution is -2.10. The lowest BCUT2D eigenvalue weighted by atomic mass is 9.95. The third-order valence-electron chi connectivity index (χ3n) is 4.09. The highest BCUT2D eigenvalue weighted by atomic mass is 16.7. The van der Waals surface area contributed by atoms with Crippen LogP contribution < -0.4 is 14.8 Å². The summed E-state index contributed by atoms with van der Waals surface area (Å²) in [6.07, 6.45) is 0.974. The van der Waals surface area contributed by atoms with Crippen molar-refractivity contribution >= 4 is 21.5 Å². The maximum absolute atomic E-state index is 5.74. The standard InChI is InChI=1S/C18H17NO2/c1-19-9-8-13-10-16-18(21-11-20-16)17-14-5-3-2-4-12(14)6-7-15(13)17/h2-7,10,19H,8-9,11H2,1H3. The molecule has 0 spiro atoms. The van der Waals surface area contributed by atoms with E-state index in [0.29, 0.717) is 6.79 Å². The maximum Gasteiger partial charge on any atom is 0.231 e. The Morgan fingerprint density at radius 2 is 1.95 bits per heavy atom. The highest BCUT2D eigenvalue weighted by Gasteiger charge is 2.21. The topological polar surface area (TPSA) is 30.5 Å². The minimum Gasteiger partial charge on any atom is -0.454 e. The highest BCUT2D eigenvalue weighted by molar-refractivity contribution is 6.12. The summed E-state index contributed by atoms with van der Waals surface area (Å²) in [4.78, 5) is 0. The molecule has 0 unspecified atom stereocenters. The van der Waals surface area contributed by atoms with Gasteiger partial charge in [-0.25, -0.2) is 0 Å². The van der Waals surface area contributed by atoms with E-state index in [9.17, 15) is 0 Å². The molecule has 4 rings (SSSR count). The number of ether oxygens (including phenoxy) is 2. The van der Waals surface area contributed by atoms with Gasteiger partial charge < -0.3 is 14.8 Å². The molecule has 0 aromatic heterocycles. The molecule has 1 aliphatic heterocycles. The van der Waals surface area contributed by atoms with Crippen LogP contribution in [-0.4, -0.2) is 20.4 Å². The number of nitrogens with one attached hydrogen (secondary N) is 1. The van der Waals surface area contributed by atoms with Gasteiger partial charge in [-0.3, -0.25) is 0 Å². The van der Waals surface area contributed by atoms with Crippen LogP contribution in [0.1, 0.15) is 5.56 Å². The van der Waals surface area contributed by atoms with Crippen LogP contribution in [0.2, 0.25) is 0 Å². The number of fused-ring (bicyclic) bond motifs is 5. The molecule has 0 aliphatic carbocycles. The first kappa shape index (κ1) is 12.5. The predicted octanol–water partition coefficient (Wildman–Crippen LogP) is 3.48. The van der Waals surface area contributed by atoms with Gasteiger partial charge in [0.1, 0.15) is 0 Å². The quantitative estimate of drug-likeness (QED) is 0.745. The Morgan fingerprint density at radius 1 is 1.05 bits per heavy atom. The third-order valence-corrected chi connectivity index (χ3v) is 4.09. The van der Waals surface area contributed by atoms with E-state index < -0.39 is 0 Å². The van der Waals surface area contributed by atoms with Crippen LogP contribution in [0.25, 0.3) is 21.5 Å². The summed E-state index contributed by atoms with van der Waals surface area (Å²) >= 11 is 0. The lowest BCUT2D eigenvalue weighted by molar-refractivity contribution is 0.175. The summed E-state index contributed by atoms with van der Waals surface area (Å²) in [5.41, 5.74) is 1.30. The van der Waals surface area contributed by atoms with Crippen LogP contribution in [-0.2, 0) is 6.42 Å². The van der Waals surface area contributed by atoms with Crippen molar-refractivity contribution in [1.82, 2.24) is 5.32 Å². The zero-order chi connectivity index (χ0) is 14.2. The molecular formula is C18H17NO2. The number of likely N-dealkylation sites (N-methyl/N-ethyl adjacent to an activating group) is 1. The summed E-state index contributed by atoms with van der Waals surface area (Å²) in [6, 6.07) is 14.9. The molecule has 1 aliphatic rings. The smallest absolute Gasteiger partial charge is 0.231 e. The Kier molecular flexibility index (Phi) is 2.93. The van der Waals surface area contributed by atoms with Gasteiger partial charge in [-0.2, -0.15) is 0 Å². The van der Waals surface area contributed by atoms with Gasteiger partial charge in [0.05, 0.1) is 0 Å². The van der Waals surface area contributed by atoms with Crippen LogP contribution in [0, 0.1) is 0 Å². The van der Waals surface area contributed by atoms with Gasteiger partial charge in [-0.05, 0) is 47.8 Å². The zero-order valence-corrected chi connectivity index (χ0v) is 12.0. The normalized spacial score (nSPS) is 13.2. The number of rotatable bonds is 3. The average Bonchev–Trinajstić information content (AvgIpc) is 3.00. The Labute approximate surface area is 123 Å². The van der Waals surface area contributed by atoms with Gasteiger partial charge in [0.15, 0.2) is 11.5 Å². The van der Waals surface area contributed by atoms with Gasteiger partial charge in [-0.15, -0.1) is 0 Å². The average molecular weight is 279 g/mol. The molecule has 3 aromatic carbocycles. The Balaban J connectivity index is 2.08. The maximum atomic E-state index is 5.74. The number of benzene rings is 3. The first-order chi connectivity index (χ1) is 10.4. The van der Waals surface area contributed by atoms with Crippen molar-refractivity contribution in [1.29, 1.82) is 0 Å². The van der Waals surface area contributed by atoms with E-state index in [-0.39, 0.29) is 0 Å². The van der Waals surface area contributed by atoms with Gasteiger partial charge in [-0.1, -0.05) is 36.4 Å². The van der Waals surface area contributed by atoms with Crippen molar-refractivity contribution < 1.29 is 9.47 Å². The monoisotopic (exact) mass is 279 g/mol. The molecule has 106 valence electrons. The summed E-state index contributed by atoms with van der Waals surface area (Å²) in [6.45, 7) is 1.25. The Hall–Kier alpha value is -2.26. The molecule has 3 aromatic rings. The van der Waals surface area contributed by atoms with Crippen molar-refractivity contribution in [2.24, 2.45) is 0 Å². The number of hydrogen-bond donors (Lipinski definition) is 1. The molecular weight excluding hydrogens is 262 g/mol. The Bertz CT molecular complexity index is 826. The highest BCUT2D eigenvalue weighted by Crippen LogP contribution is 2.44. The van der Waals surface area contributed by atoms with Crippen LogP contribution in [0.3, 0.4) is 0 Å². The minimum atomic E-state index is 0.309. The molecule has 3 heteroatoms. The van der Waals surface area contributed by atoms with Gasteiger partial charge in [0, 0.05) is 5.39 Å². The van der Waals surface area contributed by atoms with Crippen LogP contribution in [0.5, 0.6) is 11.5 Å². The zero-order valence-electron chi connectivity index (χ0n) is 12.0. The lowest BCUT2D eigenvalue weighted by Gasteiger charge is -2.12. The van der Waals surface area contributed by atoms with E-state index in [1.807, 2.05) is 7.05 Å². The van der Waals surface area contributed by atoms with Gasteiger partial charge in [0.2, 0.25) is 6.79 Å². The fraction of sp³-hybridized carbons (Fsp3) is 0.222. The summed E-state index contributed by atoms with van der Waals surface area (Å²) < 4.78 is 11.4. The van der Waals surface area contributed by atoms with Crippen molar-refractivity contribution in [2.45, 2.75) is 6.42 Å². The molecule has 1 N–H and O–H groups in total. The largest absolute Gasteiger partial charge is 0.454 e. The van der Waals surface area contributed by atoms with Crippen molar-refractivity contribution in [3.63, 3.8) is 0 Å². The van der Waals surface area contributed by atoms with Crippen molar-refractivity contribution in [2.75, 3.05) is 20.4 Å². The van der Waals surface area contributed by atoms with E-state index in [1.165, 1.54) is 27.1 Å². The summed E-state index contributed by atoms with van der Waals surface area (Å²) in [5.74, 6) is 1.75. The summed E-state index contributed by atoms with van der Waals surface area (Å²) in [7, 11) is 1.98. The van der Waals surface area contributed by atoms with Gasteiger partial charge in [0.25, 0.3) is 0 Å². The molecule has 0 fully saturated rings. The van der Waals surface area contributed by atoms with Gasteiger partial charge >= 0.3 is 0 Å². The molecule has 0 amide bonds. The second kappa shape index (κ2) is 4.93. The molecule has 0 saturated carbocycles. The van der Waals surface area contributed by atoms with E-state index in [0.717, 1.165) is 24.5 Å². The van der Waals surface area contributed by atoms with E-state index >= 15 is 0 Å². The van der Waals surface area contributed by atoms with Crippen LogP contribution in [0.4, 0.5) is 0 Å². The fourth-order valence-electron chi connectivity index (χ4n) is 3.08. The first-order valence-electron chi connectivity index (χ1n) is 7.26. The Morgan fingerprint density at radius 3 is 2.86 bits per heavy atom. The molecule has 0 atom stereocenters. The van der Waals surface area contributed by atoms with Crippen LogP contribution >= 0.6 is 0 Å². The van der Waals surface area contributed by atoms with E-state index in [1.54, 1.807) is 0 Å².